The number of benzene rings is 1. The highest BCUT2D eigenvalue weighted by Gasteiger charge is 2.20. The minimum absolute atomic E-state index is 0.131. The molecule has 1 saturated heterocycles. The van der Waals surface area contributed by atoms with Gasteiger partial charge in [-0.3, -0.25) is 14.7 Å². The molecule has 5 heteroatoms. The molecule has 0 N–H and O–H groups in total. The van der Waals surface area contributed by atoms with E-state index in [1.54, 1.807) is 6.20 Å². The molecule has 0 radical (unpaired) electrons. The molecule has 1 fully saturated rings. The first-order valence-corrected chi connectivity index (χ1v) is 8.81. The number of hydrogen-bond donors (Lipinski definition) is 0. The number of rotatable bonds is 4. The van der Waals surface area contributed by atoms with Crippen molar-refractivity contribution < 1.29 is 4.79 Å². The number of anilines is 1. The summed E-state index contributed by atoms with van der Waals surface area (Å²) < 4.78 is 0. The van der Waals surface area contributed by atoms with Crippen molar-refractivity contribution in [2.75, 3.05) is 45.2 Å². The third kappa shape index (κ3) is 4.57. The molecule has 1 aliphatic rings. The van der Waals surface area contributed by atoms with Gasteiger partial charge in [-0.05, 0) is 36.2 Å². The summed E-state index contributed by atoms with van der Waals surface area (Å²) in [5.74, 6) is 0.131. The van der Waals surface area contributed by atoms with Crippen LogP contribution in [0, 0.1) is 0 Å². The highest BCUT2D eigenvalue weighted by Crippen LogP contribution is 2.16. The van der Waals surface area contributed by atoms with Crippen LogP contribution in [-0.4, -0.2) is 61.0 Å². The maximum atomic E-state index is 12.9. The zero-order valence-electron chi connectivity index (χ0n) is 15.1. The lowest BCUT2D eigenvalue weighted by Crippen LogP contribution is -2.35. The molecule has 1 aliphatic heterocycles. The second-order valence-electron chi connectivity index (χ2n) is 6.73. The van der Waals surface area contributed by atoms with Crippen LogP contribution in [-0.2, 0) is 6.54 Å². The van der Waals surface area contributed by atoms with Crippen LogP contribution in [0.4, 0.5) is 5.69 Å². The van der Waals surface area contributed by atoms with Gasteiger partial charge in [-0.2, -0.15) is 0 Å². The van der Waals surface area contributed by atoms with Gasteiger partial charge in [0.05, 0.1) is 0 Å². The molecule has 25 heavy (non-hydrogen) atoms. The number of hydrogen-bond acceptors (Lipinski definition) is 4. The molecule has 0 unspecified atom stereocenters. The van der Waals surface area contributed by atoms with Gasteiger partial charge in [0.1, 0.15) is 0 Å². The quantitative estimate of drug-likeness (QED) is 0.859. The van der Waals surface area contributed by atoms with Crippen LogP contribution >= 0.6 is 0 Å². The molecule has 0 aliphatic carbocycles. The van der Waals surface area contributed by atoms with Crippen molar-refractivity contribution in [3.8, 4) is 0 Å². The molecular weight excluding hydrogens is 312 g/mol. The summed E-state index contributed by atoms with van der Waals surface area (Å²) in [6.07, 6.45) is 4.72. The molecule has 3 rings (SSSR count). The first-order valence-electron chi connectivity index (χ1n) is 8.81. The Kier molecular flexibility index (Phi) is 5.66. The molecule has 1 aromatic carbocycles. The van der Waals surface area contributed by atoms with Crippen LogP contribution in [0.2, 0.25) is 0 Å². The topological polar surface area (TPSA) is 39.7 Å². The lowest BCUT2D eigenvalue weighted by molar-refractivity contribution is 0.0761. The minimum atomic E-state index is 0.131. The van der Waals surface area contributed by atoms with Gasteiger partial charge in [-0.15, -0.1) is 0 Å². The van der Waals surface area contributed by atoms with E-state index in [0.29, 0.717) is 0 Å². The fourth-order valence-corrected chi connectivity index (χ4v) is 3.18. The fourth-order valence-electron chi connectivity index (χ4n) is 3.18. The summed E-state index contributed by atoms with van der Waals surface area (Å²) in [5.41, 5.74) is 3.05. The Balaban J connectivity index is 1.62. The van der Waals surface area contributed by atoms with E-state index in [0.717, 1.165) is 50.4 Å². The number of amides is 1. The van der Waals surface area contributed by atoms with E-state index in [2.05, 4.69) is 16.0 Å². The van der Waals surface area contributed by atoms with E-state index in [9.17, 15) is 4.79 Å². The predicted octanol–water partition coefficient (Wildman–Crippen LogP) is 2.50. The van der Waals surface area contributed by atoms with Gasteiger partial charge in [0.2, 0.25) is 0 Å². The monoisotopic (exact) mass is 338 g/mol. The normalized spacial score (nSPS) is 15.7. The van der Waals surface area contributed by atoms with Gasteiger partial charge in [-0.25, -0.2) is 0 Å². The van der Waals surface area contributed by atoms with Gasteiger partial charge >= 0.3 is 0 Å². The molecule has 132 valence electrons. The maximum absolute atomic E-state index is 12.9. The van der Waals surface area contributed by atoms with Crippen LogP contribution in [0.1, 0.15) is 22.3 Å². The van der Waals surface area contributed by atoms with Crippen molar-refractivity contribution in [2.24, 2.45) is 0 Å². The first kappa shape index (κ1) is 17.4. The summed E-state index contributed by atoms with van der Waals surface area (Å²) in [5, 5.41) is 0. The first-order chi connectivity index (χ1) is 12.1. The van der Waals surface area contributed by atoms with Crippen LogP contribution in [0.5, 0.6) is 0 Å². The van der Waals surface area contributed by atoms with Gasteiger partial charge in [0.25, 0.3) is 5.91 Å². The summed E-state index contributed by atoms with van der Waals surface area (Å²) >= 11 is 0. The Morgan fingerprint density at radius 1 is 1.12 bits per heavy atom. The summed E-state index contributed by atoms with van der Waals surface area (Å²) in [6, 6.07) is 11.9. The third-order valence-corrected chi connectivity index (χ3v) is 4.61. The van der Waals surface area contributed by atoms with E-state index in [4.69, 9.17) is 0 Å². The van der Waals surface area contributed by atoms with Crippen molar-refractivity contribution in [3.05, 3.63) is 59.9 Å². The van der Waals surface area contributed by atoms with E-state index >= 15 is 0 Å². The Hall–Kier alpha value is -2.40. The minimum Gasteiger partial charge on any atom is -0.378 e. The second kappa shape index (κ2) is 8.12. The van der Waals surface area contributed by atoms with Crippen LogP contribution in [0.3, 0.4) is 0 Å². The van der Waals surface area contributed by atoms with Crippen molar-refractivity contribution in [1.82, 2.24) is 14.8 Å². The zero-order chi connectivity index (χ0) is 17.6. The Labute approximate surface area is 149 Å². The van der Waals surface area contributed by atoms with Crippen molar-refractivity contribution in [3.63, 3.8) is 0 Å². The average molecular weight is 338 g/mol. The molecule has 5 nitrogen and oxygen atoms in total. The fraction of sp³-hybridized carbons (Fsp3) is 0.400. The maximum Gasteiger partial charge on any atom is 0.253 e. The summed E-state index contributed by atoms with van der Waals surface area (Å²) in [4.78, 5) is 23.5. The molecular formula is C20H26N4O. The van der Waals surface area contributed by atoms with Crippen molar-refractivity contribution in [1.29, 1.82) is 0 Å². The van der Waals surface area contributed by atoms with Gasteiger partial charge in [-0.1, -0.05) is 12.1 Å². The molecule has 2 aromatic rings. The largest absolute Gasteiger partial charge is 0.378 e. The SMILES string of the molecule is CN(C)c1cccc(C(=O)N2CCCN(Cc3cccnc3)CC2)c1. The molecule has 0 bridgehead atoms. The highest BCUT2D eigenvalue weighted by atomic mass is 16.2. The lowest BCUT2D eigenvalue weighted by Gasteiger charge is -2.22. The van der Waals surface area contributed by atoms with Crippen molar-refractivity contribution in [2.45, 2.75) is 13.0 Å². The van der Waals surface area contributed by atoms with Crippen LogP contribution in [0.25, 0.3) is 0 Å². The molecule has 2 heterocycles. The number of carbonyl (C=O) groups excluding carboxylic acids is 1. The average Bonchev–Trinajstić information content (AvgIpc) is 2.87. The van der Waals surface area contributed by atoms with E-state index in [1.165, 1.54) is 5.56 Å². The van der Waals surface area contributed by atoms with Crippen molar-refractivity contribution >= 4 is 11.6 Å². The standard InChI is InChI=1S/C20H26N4O/c1-22(2)19-8-3-7-18(14-19)20(25)24-11-5-10-23(12-13-24)16-17-6-4-9-21-15-17/h3-4,6-9,14-15H,5,10-13,16H2,1-2H3. The second-order valence-corrected chi connectivity index (χ2v) is 6.73. The predicted molar refractivity (Wildman–Crippen MR) is 101 cm³/mol. The van der Waals surface area contributed by atoms with E-state index < -0.39 is 0 Å². The zero-order valence-corrected chi connectivity index (χ0v) is 15.1. The molecule has 0 atom stereocenters. The van der Waals surface area contributed by atoms with E-state index in [-0.39, 0.29) is 5.91 Å². The van der Waals surface area contributed by atoms with Gasteiger partial charge < -0.3 is 9.80 Å². The Morgan fingerprint density at radius 3 is 2.76 bits per heavy atom. The van der Waals surface area contributed by atoms with E-state index in [1.807, 2.05) is 60.4 Å². The molecule has 0 spiro atoms. The molecule has 0 saturated carbocycles. The summed E-state index contributed by atoms with van der Waals surface area (Å²) in [7, 11) is 3.98. The van der Waals surface area contributed by atoms with Crippen LogP contribution in [0.15, 0.2) is 48.8 Å². The number of aromatic nitrogens is 1. The Bertz CT molecular complexity index is 702. The smallest absolute Gasteiger partial charge is 0.253 e. The number of carbonyl (C=O) groups is 1. The van der Waals surface area contributed by atoms with Gasteiger partial charge in [0.15, 0.2) is 0 Å². The molecule has 1 amide bonds. The van der Waals surface area contributed by atoms with Gasteiger partial charge in [0, 0.05) is 70.5 Å². The lowest BCUT2D eigenvalue weighted by atomic mass is 10.1. The summed E-state index contributed by atoms with van der Waals surface area (Å²) in [6.45, 7) is 4.39. The third-order valence-electron chi connectivity index (χ3n) is 4.61. The molecule has 1 aromatic heterocycles. The Morgan fingerprint density at radius 2 is 2.00 bits per heavy atom. The number of nitrogens with zero attached hydrogens (tertiary/aromatic N) is 4. The van der Waals surface area contributed by atoms with Crippen LogP contribution < -0.4 is 4.90 Å². The number of pyridine rings is 1. The highest BCUT2D eigenvalue weighted by molar-refractivity contribution is 5.95.